The van der Waals surface area contributed by atoms with E-state index in [2.05, 4.69) is 10.2 Å². The van der Waals surface area contributed by atoms with Crippen molar-refractivity contribution in [2.45, 2.75) is 42.6 Å². The Hall–Kier alpha value is -2.87. The molecule has 28 heavy (non-hydrogen) atoms. The molecule has 5 rings (SSSR count). The predicted octanol–water partition coefficient (Wildman–Crippen LogP) is 4.45. The van der Waals surface area contributed by atoms with E-state index in [1.165, 1.54) is 11.8 Å². The minimum atomic E-state index is 0.0294. The predicted molar refractivity (Wildman–Crippen MR) is 105 cm³/mol. The summed E-state index contributed by atoms with van der Waals surface area (Å²) in [6, 6.07) is 11.2. The summed E-state index contributed by atoms with van der Waals surface area (Å²) in [7, 11) is 0. The highest BCUT2D eigenvalue weighted by molar-refractivity contribution is 7.98. The summed E-state index contributed by atoms with van der Waals surface area (Å²) in [4.78, 5) is 17.9. The second-order valence-corrected chi connectivity index (χ2v) is 7.73. The van der Waals surface area contributed by atoms with Crippen molar-refractivity contribution in [2.24, 2.45) is 0 Å². The van der Waals surface area contributed by atoms with Gasteiger partial charge in [-0.1, -0.05) is 36.7 Å². The van der Waals surface area contributed by atoms with Gasteiger partial charge in [-0.25, -0.2) is 4.98 Å². The first kappa shape index (κ1) is 17.2. The SMILES string of the molecule is O=c1c2ccccc2nc(SCc2nnc(-c3ccco3)o2)n1C1CCCC1. The van der Waals surface area contributed by atoms with Gasteiger partial charge in [0.05, 0.1) is 22.9 Å². The zero-order chi connectivity index (χ0) is 18.9. The fraction of sp³-hybridized carbons (Fsp3) is 0.300. The van der Waals surface area contributed by atoms with Gasteiger partial charge in [0.15, 0.2) is 10.9 Å². The van der Waals surface area contributed by atoms with Crippen LogP contribution in [0.5, 0.6) is 0 Å². The van der Waals surface area contributed by atoms with E-state index in [1.54, 1.807) is 18.4 Å². The molecule has 142 valence electrons. The summed E-state index contributed by atoms with van der Waals surface area (Å²) in [5.74, 6) is 1.79. The third-order valence-electron chi connectivity index (χ3n) is 4.99. The molecule has 3 aromatic heterocycles. The van der Waals surface area contributed by atoms with Crippen LogP contribution in [0.3, 0.4) is 0 Å². The fourth-order valence-electron chi connectivity index (χ4n) is 3.65. The quantitative estimate of drug-likeness (QED) is 0.365. The number of hydrogen-bond acceptors (Lipinski definition) is 7. The first-order chi connectivity index (χ1) is 13.8. The van der Waals surface area contributed by atoms with Crippen LogP contribution in [0.15, 0.2) is 61.4 Å². The number of nitrogens with zero attached hydrogens (tertiary/aromatic N) is 4. The molecule has 7 nitrogen and oxygen atoms in total. The van der Waals surface area contributed by atoms with E-state index in [1.807, 2.05) is 28.8 Å². The van der Waals surface area contributed by atoms with Gasteiger partial charge in [0.1, 0.15) is 0 Å². The Labute approximate surface area is 164 Å². The minimum Gasteiger partial charge on any atom is -0.459 e. The van der Waals surface area contributed by atoms with Gasteiger partial charge in [-0.05, 0) is 37.1 Å². The Balaban J connectivity index is 1.48. The van der Waals surface area contributed by atoms with Gasteiger partial charge in [0.2, 0.25) is 5.89 Å². The van der Waals surface area contributed by atoms with Crippen LogP contribution in [0.2, 0.25) is 0 Å². The molecule has 0 aliphatic heterocycles. The molecule has 0 N–H and O–H groups in total. The van der Waals surface area contributed by atoms with Crippen molar-refractivity contribution in [3.05, 3.63) is 58.9 Å². The van der Waals surface area contributed by atoms with Gasteiger partial charge in [-0.15, -0.1) is 10.2 Å². The number of para-hydroxylation sites is 1. The van der Waals surface area contributed by atoms with Crippen molar-refractivity contribution in [1.29, 1.82) is 0 Å². The number of rotatable bonds is 5. The standard InChI is InChI=1S/C20H18N4O3S/c25-19-14-8-3-4-9-15(14)21-20(24(19)13-6-1-2-7-13)28-12-17-22-23-18(27-17)16-10-5-11-26-16/h3-5,8-11,13H,1-2,6-7,12H2. The lowest BCUT2D eigenvalue weighted by atomic mass is 10.2. The fourth-order valence-corrected chi connectivity index (χ4v) is 4.55. The summed E-state index contributed by atoms with van der Waals surface area (Å²) in [5, 5.41) is 9.48. The average molecular weight is 394 g/mol. The molecule has 0 unspecified atom stereocenters. The highest BCUT2D eigenvalue weighted by Gasteiger charge is 2.23. The highest BCUT2D eigenvalue weighted by Crippen LogP contribution is 2.33. The van der Waals surface area contributed by atoms with Gasteiger partial charge < -0.3 is 8.83 Å². The van der Waals surface area contributed by atoms with Crippen molar-refractivity contribution in [2.75, 3.05) is 0 Å². The summed E-state index contributed by atoms with van der Waals surface area (Å²) in [6.07, 6.45) is 5.87. The van der Waals surface area contributed by atoms with Crippen LogP contribution in [-0.2, 0) is 5.75 Å². The van der Waals surface area contributed by atoms with Gasteiger partial charge >= 0.3 is 0 Å². The van der Waals surface area contributed by atoms with Crippen molar-refractivity contribution in [1.82, 2.24) is 19.7 Å². The van der Waals surface area contributed by atoms with Crippen LogP contribution in [0.25, 0.3) is 22.6 Å². The second kappa shape index (κ2) is 7.27. The maximum atomic E-state index is 13.2. The zero-order valence-electron chi connectivity index (χ0n) is 15.1. The van der Waals surface area contributed by atoms with E-state index in [-0.39, 0.29) is 11.6 Å². The van der Waals surface area contributed by atoms with Crippen LogP contribution in [0.1, 0.15) is 37.6 Å². The van der Waals surface area contributed by atoms with E-state index in [0.717, 1.165) is 25.7 Å². The molecule has 1 aromatic carbocycles. The first-order valence-electron chi connectivity index (χ1n) is 9.30. The van der Waals surface area contributed by atoms with Gasteiger partial charge in [-0.3, -0.25) is 9.36 Å². The second-order valence-electron chi connectivity index (χ2n) is 6.79. The maximum absolute atomic E-state index is 13.2. The monoisotopic (exact) mass is 394 g/mol. The van der Waals surface area contributed by atoms with E-state index in [0.29, 0.717) is 39.4 Å². The molecule has 0 radical (unpaired) electrons. The molecule has 1 aliphatic carbocycles. The molecule has 0 atom stereocenters. The number of fused-ring (bicyclic) bond motifs is 1. The number of aromatic nitrogens is 4. The van der Waals surface area contributed by atoms with E-state index >= 15 is 0 Å². The number of benzene rings is 1. The molecule has 3 heterocycles. The molecule has 4 aromatic rings. The molecular formula is C20H18N4O3S. The number of hydrogen-bond donors (Lipinski definition) is 0. The van der Waals surface area contributed by atoms with Gasteiger partial charge in [0.25, 0.3) is 11.4 Å². The maximum Gasteiger partial charge on any atom is 0.283 e. The smallest absolute Gasteiger partial charge is 0.283 e. The van der Waals surface area contributed by atoms with Crippen molar-refractivity contribution >= 4 is 22.7 Å². The molecule has 0 amide bonds. The summed E-state index contributed by atoms with van der Waals surface area (Å²) >= 11 is 1.45. The van der Waals surface area contributed by atoms with E-state index in [9.17, 15) is 4.79 Å². The molecule has 0 saturated heterocycles. The van der Waals surface area contributed by atoms with Crippen molar-refractivity contribution < 1.29 is 8.83 Å². The number of thioether (sulfide) groups is 1. The largest absolute Gasteiger partial charge is 0.459 e. The Kier molecular flexibility index (Phi) is 4.48. The van der Waals surface area contributed by atoms with Crippen LogP contribution in [0.4, 0.5) is 0 Å². The molecule has 8 heteroatoms. The summed E-state index contributed by atoms with van der Waals surface area (Å²) < 4.78 is 12.8. The first-order valence-corrected chi connectivity index (χ1v) is 10.3. The van der Waals surface area contributed by atoms with Crippen molar-refractivity contribution in [3.63, 3.8) is 0 Å². The van der Waals surface area contributed by atoms with Gasteiger partial charge in [0, 0.05) is 6.04 Å². The minimum absolute atomic E-state index is 0.0294. The Morgan fingerprint density at radius 1 is 1.11 bits per heavy atom. The summed E-state index contributed by atoms with van der Waals surface area (Å²) in [5.41, 5.74) is 0.743. The topological polar surface area (TPSA) is 86.9 Å². The van der Waals surface area contributed by atoms with Crippen LogP contribution < -0.4 is 5.56 Å². The molecule has 1 saturated carbocycles. The third-order valence-corrected chi connectivity index (χ3v) is 5.93. The molecule has 1 aliphatic rings. The normalized spacial score (nSPS) is 14.9. The average Bonchev–Trinajstić information content (AvgIpc) is 3.48. The van der Waals surface area contributed by atoms with E-state index in [4.69, 9.17) is 13.8 Å². The third kappa shape index (κ3) is 3.13. The van der Waals surface area contributed by atoms with Crippen LogP contribution in [-0.4, -0.2) is 19.7 Å². The van der Waals surface area contributed by atoms with Crippen LogP contribution in [0, 0.1) is 0 Å². The Morgan fingerprint density at radius 2 is 1.96 bits per heavy atom. The molecule has 0 spiro atoms. The lowest BCUT2D eigenvalue weighted by Crippen LogP contribution is -2.26. The highest BCUT2D eigenvalue weighted by atomic mass is 32.2. The van der Waals surface area contributed by atoms with E-state index < -0.39 is 0 Å². The lowest BCUT2D eigenvalue weighted by Gasteiger charge is -2.18. The molecule has 0 bridgehead atoms. The molecular weight excluding hydrogens is 376 g/mol. The van der Waals surface area contributed by atoms with Crippen molar-refractivity contribution in [3.8, 4) is 11.7 Å². The zero-order valence-corrected chi connectivity index (χ0v) is 15.9. The molecule has 1 fully saturated rings. The Bertz CT molecular complexity index is 1160. The van der Waals surface area contributed by atoms with Crippen LogP contribution >= 0.6 is 11.8 Å². The summed E-state index contributed by atoms with van der Waals surface area (Å²) in [6.45, 7) is 0. The Morgan fingerprint density at radius 3 is 2.79 bits per heavy atom. The van der Waals surface area contributed by atoms with Gasteiger partial charge in [-0.2, -0.15) is 0 Å². The lowest BCUT2D eigenvalue weighted by molar-refractivity contribution is 0.457. The number of furan rings is 1.